The Morgan fingerprint density at radius 3 is 3.40 bits per heavy atom. The first-order valence-corrected chi connectivity index (χ1v) is 4.01. The molecule has 0 bridgehead atoms. The molecule has 4 heteroatoms. The SMILES string of the molecule is NC1=C2C=CCNC2NS1. The Bertz CT molecular complexity index is 209. The summed E-state index contributed by atoms with van der Waals surface area (Å²) in [5.41, 5.74) is 6.86. The first kappa shape index (κ1) is 6.27. The standard InChI is InChI=1S/C6H9N3S/c7-5-4-2-1-3-8-6(4)9-10-5/h1-2,6,8-9H,3,7H2. The number of nitrogens with one attached hydrogen (secondary N) is 2. The smallest absolute Gasteiger partial charge is 0.0958 e. The van der Waals surface area contributed by atoms with E-state index >= 15 is 0 Å². The average Bonchev–Trinajstić information content (AvgIpc) is 2.34. The molecule has 0 amide bonds. The summed E-state index contributed by atoms with van der Waals surface area (Å²) in [6.45, 7) is 0.926. The minimum absolute atomic E-state index is 0.273. The lowest BCUT2D eigenvalue weighted by atomic mass is 10.1. The molecule has 0 fully saturated rings. The van der Waals surface area contributed by atoms with Crippen molar-refractivity contribution in [2.24, 2.45) is 5.73 Å². The second-order valence-corrected chi connectivity index (χ2v) is 3.16. The van der Waals surface area contributed by atoms with Gasteiger partial charge in [-0.1, -0.05) is 12.2 Å². The Labute approximate surface area is 63.9 Å². The number of fused-ring (bicyclic) bond motifs is 1. The number of nitrogens with two attached hydrogens (primary N) is 1. The molecule has 54 valence electrons. The fraction of sp³-hybridized carbons (Fsp3) is 0.333. The van der Waals surface area contributed by atoms with Crippen molar-refractivity contribution in [2.45, 2.75) is 6.17 Å². The van der Waals surface area contributed by atoms with E-state index in [1.807, 2.05) is 0 Å². The number of hydrogen-bond acceptors (Lipinski definition) is 4. The van der Waals surface area contributed by atoms with Crippen molar-refractivity contribution >= 4 is 11.9 Å². The van der Waals surface area contributed by atoms with Crippen molar-refractivity contribution in [1.29, 1.82) is 0 Å². The summed E-state index contributed by atoms with van der Waals surface area (Å²) in [4.78, 5) is 0. The van der Waals surface area contributed by atoms with Gasteiger partial charge in [0.05, 0.1) is 11.2 Å². The topological polar surface area (TPSA) is 50.1 Å². The van der Waals surface area contributed by atoms with E-state index in [4.69, 9.17) is 5.73 Å². The highest BCUT2D eigenvalue weighted by molar-refractivity contribution is 8.01. The molecule has 1 unspecified atom stereocenters. The van der Waals surface area contributed by atoms with Gasteiger partial charge >= 0.3 is 0 Å². The average molecular weight is 155 g/mol. The molecule has 3 nitrogen and oxygen atoms in total. The maximum absolute atomic E-state index is 5.68. The lowest BCUT2D eigenvalue weighted by Crippen LogP contribution is -2.39. The van der Waals surface area contributed by atoms with Crippen LogP contribution in [0.25, 0.3) is 0 Å². The zero-order chi connectivity index (χ0) is 6.97. The van der Waals surface area contributed by atoms with Crippen LogP contribution in [0.15, 0.2) is 22.8 Å². The van der Waals surface area contributed by atoms with Crippen molar-refractivity contribution in [3.8, 4) is 0 Å². The van der Waals surface area contributed by atoms with Crippen LogP contribution in [0.4, 0.5) is 0 Å². The predicted molar refractivity (Wildman–Crippen MR) is 42.9 cm³/mol. The van der Waals surface area contributed by atoms with Crippen LogP contribution in [0.5, 0.6) is 0 Å². The second-order valence-electron chi connectivity index (χ2n) is 2.28. The fourth-order valence-corrected chi connectivity index (χ4v) is 1.85. The molecule has 0 saturated heterocycles. The van der Waals surface area contributed by atoms with E-state index in [0.29, 0.717) is 0 Å². The van der Waals surface area contributed by atoms with Crippen LogP contribution in [0.3, 0.4) is 0 Å². The van der Waals surface area contributed by atoms with E-state index in [2.05, 4.69) is 22.2 Å². The Morgan fingerprint density at radius 1 is 1.70 bits per heavy atom. The maximum Gasteiger partial charge on any atom is 0.0958 e. The van der Waals surface area contributed by atoms with Crippen molar-refractivity contribution in [3.05, 3.63) is 22.8 Å². The van der Waals surface area contributed by atoms with Gasteiger partial charge in [0.2, 0.25) is 0 Å². The van der Waals surface area contributed by atoms with Crippen LogP contribution in [-0.2, 0) is 0 Å². The minimum atomic E-state index is 0.273. The van der Waals surface area contributed by atoms with Crippen LogP contribution < -0.4 is 15.8 Å². The quantitative estimate of drug-likeness (QED) is 0.427. The molecule has 0 aromatic carbocycles. The van der Waals surface area contributed by atoms with Crippen molar-refractivity contribution in [2.75, 3.05) is 6.54 Å². The predicted octanol–water partition coefficient (Wildman–Crippen LogP) is -0.106. The molecule has 4 N–H and O–H groups in total. The molecule has 0 radical (unpaired) electrons. The summed E-state index contributed by atoms with van der Waals surface area (Å²) >= 11 is 1.50. The van der Waals surface area contributed by atoms with Gasteiger partial charge in [-0.3, -0.25) is 5.32 Å². The zero-order valence-electron chi connectivity index (χ0n) is 5.42. The third-order valence-corrected chi connectivity index (χ3v) is 2.43. The van der Waals surface area contributed by atoms with E-state index in [9.17, 15) is 0 Å². The largest absolute Gasteiger partial charge is 0.392 e. The number of rotatable bonds is 0. The lowest BCUT2D eigenvalue weighted by Gasteiger charge is -2.16. The van der Waals surface area contributed by atoms with E-state index in [1.165, 1.54) is 17.5 Å². The lowest BCUT2D eigenvalue weighted by molar-refractivity contribution is 0.599. The Balaban J connectivity index is 2.32. The highest BCUT2D eigenvalue weighted by Crippen LogP contribution is 2.24. The molecular formula is C6H9N3S. The normalized spacial score (nSPS) is 31.0. The summed E-state index contributed by atoms with van der Waals surface area (Å²) in [6.07, 6.45) is 4.42. The highest BCUT2D eigenvalue weighted by atomic mass is 32.2. The van der Waals surface area contributed by atoms with Crippen molar-refractivity contribution in [1.82, 2.24) is 10.0 Å². The van der Waals surface area contributed by atoms with Crippen LogP contribution >= 0.6 is 11.9 Å². The summed E-state index contributed by atoms with van der Waals surface area (Å²) < 4.78 is 3.16. The molecule has 10 heavy (non-hydrogen) atoms. The Morgan fingerprint density at radius 2 is 2.60 bits per heavy atom. The molecule has 2 heterocycles. The van der Waals surface area contributed by atoms with E-state index in [0.717, 1.165) is 11.6 Å². The van der Waals surface area contributed by atoms with Gasteiger partial charge in [0.25, 0.3) is 0 Å². The van der Waals surface area contributed by atoms with Crippen molar-refractivity contribution < 1.29 is 0 Å². The Kier molecular flexibility index (Phi) is 1.44. The zero-order valence-corrected chi connectivity index (χ0v) is 6.24. The van der Waals surface area contributed by atoms with Gasteiger partial charge in [-0.2, -0.15) is 0 Å². The van der Waals surface area contributed by atoms with E-state index in [-0.39, 0.29) is 6.17 Å². The third-order valence-electron chi connectivity index (χ3n) is 1.62. The molecular weight excluding hydrogens is 146 g/mol. The molecule has 0 aromatic heterocycles. The van der Waals surface area contributed by atoms with E-state index in [1.54, 1.807) is 0 Å². The second kappa shape index (κ2) is 2.30. The van der Waals surface area contributed by atoms with Gasteiger partial charge in [0, 0.05) is 12.1 Å². The molecule has 0 saturated carbocycles. The molecule has 0 aliphatic carbocycles. The van der Waals surface area contributed by atoms with E-state index < -0.39 is 0 Å². The maximum atomic E-state index is 5.68. The molecule has 0 aromatic rings. The molecule has 1 atom stereocenters. The molecule has 2 aliphatic heterocycles. The molecule has 0 spiro atoms. The minimum Gasteiger partial charge on any atom is -0.392 e. The van der Waals surface area contributed by atoms with Gasteiger partial charge < -0.3 is 5.73 Å². The van der Waals surface area contributed by atoms with Gasteiger partial charge in [0.1, 0.15) is 0 Å². The number of hydrogen-bond donors (Lipinski definition) is 3. The van der Waals surface area contributed by atoms with Gasteiger partial charge in [-0.15, -0.1) is 0 Å². The highest BCUT2D eigenvalue weighted by Gasteiger charge is 2.23. The molecule has 2 rings (SSSR count). The Hall–Kier alpha value is -0.450. The van der Waals surface area contributed by atoms with Crippen LogP contribution in [-0.4, -0.2) is 12.7 Å². The summed E-state index contributed by atoms with van der Waals surface area (Å²) in [5.74, 6) is 0. The fourth-order valence-electron chi connectivity index (χ4n) is 1.09. The van der Waals surface area contributed by atoms with Gasteiger partial charge in [-0.25, -0.2) is 4.72 Å². The molecule has 2 aliphatic rings. The van der Waals surface area contributed by atoms with Crippen LogP contribution in [0.2, 0.25) is 0 Å². The third kappa shape index (κ3) is 0.847. The first-order chi connectivity index (χ1) is 4.88. The first-order valence-electron chi connectivity index (χ1n) is 3.20. The van der Waals surface area contributed by atoms with Crippen LogP contribution in [0, 0.1) is 0 Å². The van der Waals surface area contributed by atoms with Crippen molar-refractivity contribution in [3.63, 3.8) is 0 Å². The van der Waals surface area contributed by atoms with Gasteiger partial charge in [0.15, 0.2) is 0 Å². The monoisotopic (exact) mass is 155 g/mol. The summed E-state index contributed by atoms with van der Waals surface area (Å²) in [7, 11) is 0. The van der Waals surface area contributed by atoms with Crippen LogP contribution in [0.1, 0.15) is 0 Å². The summed E-state index contributed by atoms with van der Waals surface area (Å²) in [5, 5.41) is 4.14. The summed E-state index contributed by atoms with van der Waals surface area (Å²) in [6, 6.07) is 0. The van der Waals surface area contributed by atoms with Gasteiger partial charge in [-0.05, 0) is 11.9 Å².